The van der Waals surface area contributed by atoms with E-state index in [1.165, 1.54) is 23.9 Å². The van der Waals surface area contributed by atoms with E-state index in [0.29, 0.717) is 22.4 Å². The number of carbonyl (C=O) groups is 1. The van der Waals surface area contributed by atoms with Crippen molar-refractivity contribution in [1.29, 1.82) is 0 Å². The van der Waals surface area contributed by atoms with Crippen LogP contribution in [0.2, 0.25) is 0 Å². The molecule has 0 unspecified atom stereocenters. The average Bonchev–Trinajstić information content (AvgIpc) is 3.37. The van der Waals surface area contributed by atoms with Gasteiger partial charge < -0.3 is 15.1 Å². The number of nitrogens with zero attached hydrogens (tertiary/aromatic N) is 4. The fraction of sp³-hybridized carbons (Fsp3) is 0.0741. The van der Waals surface area contributed by atoms with E-state index in [4.69, 9.17) is 4.42 Å². The number of aryl methyl sites for hydroxylation is 1. The number of hydrogen-bond acceptors (Lipinski definition) is 8. The molecule has 8 nitrogen and oxygen atoms in total. The Labute approximate surface area is 216 Å². The highest BCUT2D eigenvalue weighted by atomic mass is 32.2. The number of pyridine rings is 1. The summed E-state index contributed by atoms with van der Waals surface area (Å²) < 4.78 is 19.2. The molecular formula is C27H21FN6O2S. The molecule has 0 aliphatic rings. The molecule has 37 heavy (non-hydrogen) atoms. The molecular weight excluding hydrogens is 491 g/mol. The largest absolute Gasteiger partial charge is 0.430 e. The van der Waals surface area contributed by atoms with Crippen LogP contribution < -0.4 is 10.6 Å². The second kappa shape index (κ2) is 10.6. The summed E-state index contributed by atoms with van der Waals surface area (Å²) in [6, 6.07) is 16.7. The molecule has 0 bridgehead atoms. The molecule has 0 aliphatic carbocycles. The van der Waals surface area contributed by atoms with Crippen LogP contribution in [0.3, 0.4) is 0 Å². The van der Waals surface area contributed by atoms with Crippen molar-refractivity contribution < 1.29 is 13.6 Å². The van der Waals surface area contributed by atoms with Crippen LogP contribution in [0.15, 0.2) is 88.9 Å². The Morgan fingerprint density at radius 2 is 1.84 bits per heavy atom. The summed E-state index contributed by atoms with van der Waals surface area (Å²) in [6.45, 7) is 1.94. The quantitative estimate of drug-likeness (QED) is 0.243. The zero-order valence-electron chi connectivity index (χ0n) is 19.9. The third-order valence-electron chi connectivity index (χ3n) is 5.46. The first kappa shape index (κ1) is 24.1. The number of aromatic nitrogens is 4. The molecule has 0 saturated carbocycles. The zero-order valence-corrected chi connectivity index (χ0v) is 20.7. The van der Waals surface area contributed by atoms with Gasteiger partial charge in [0.2, 0.25) is 5.95 Å². The van der Waals surface area contributed by atoms with Crippen molar-refractivity contribution >= 4 is 35.0 Å². The fourth-order valence-corrected chi connectivity index (χ4v) is 3.93. The molecule has 0 aliphatic heterocycles. The first-order valence-electron chi connectivity index (χ1n) is 11.2. The first-order valence-corrected chi connectivity index (χ1v) is 12.5. The highest BCUT2D eigenvalue weighted by molar-refractivity contribution is 7.98. The number of benzene rings is 2. The SMILES string of the molecule is CSc1nc(C(=O)Nc2ccc(C)c(Nc3nccc(-c4cccnc4)n3)c2)c(-c2ccc(F)cc2)o1. The Kier molecular flexibility index (Phi) is 6.91. The molecule has 184 valence electrons. The molecule has 5 rings (SSSR count). The van der Waals surface area contributed by atoms with E-state index in [-0.39, 0.29) is 17.3 Å². The van der Waals surface area contributed by atoms with Crippen LogP contribution in [0, 0.1) is 12.7 Å². The summed E-state index contributed by atoms with van der Waals surface area (Å²) in [5, 5.41) is 6.43. The maximum Gasteiger partial charge on any atom is 0.278 e. The van der Waals surface area contributed by atoms with Gasteiger partial charge in [-0.05, 0) is 73.3 Å². The van der Waals surface area contributed by atoms with Gasteiger partial charge in [-0.3, -0.25) is 9.78 Å². The van der Waals surface area contributed by atoms with Gasteiger partial charge in [-0.25, -0.2) is 14.4 Å². The maximum atomic E-state index is 13.4. The Balaban J connectivity index is 1.39. The van der Waals surface area contributed by atoms with Gasteiger partial charge in [0.15, 0.2) is 11.5 Å². The zero-order chi connectivity index (χ0) is 25.8. The number of oxazole rings is 1. The molecule has 3 aromatic heterocycles. The van der Waals surface area contributed by atoms with Gasteiger partial charge in [0.1, 0.15) is 5.82 Å². The van der Waals surface area contributed by atoms with Crippen LogP contribution in [0.25, 0.3) is 22.6 Å². The average molecular weight is 513 g/mol. The van der Waals surface area contributed by atoms with E-state index in [2.05, 4.69) is 30.6 Å². The standard InChI is InChI=1S/C27H21FN6O2S/c1-16-5-10-20(14-22(16)33-26-30-13-11-21(32-26)18-4-3-12-29-15-18)31-25(35)23-24(36-27(34-23)37-2)17-6-8-19(28)9-7-17/h3-15H,1-2H3,(H,31,35)(H,30,32,33). The molecule has 2 aromatic carbocycles. The van der Waals surface area contributed by atoms with Gasteiger partial charge in [0, 0.05) is 41.1 Å². The summed E-state index contributed by atoms with van der Waals surface area (Å²) in [5.41, 5.74) is 4.47. The third kappa shape index (κ3) is 5.49. The molecule has 10 heteroatoms. The lowest BCUT2D eigenvalue weighted by Crippen LogP contribution is -2.14. The minimum Gasteiger partial charge on any atom is -0.430 e. The van der Waals surface area contributed by atoms with Gasteiger partial charge in [-0.15, -0.1) is 0 Å². The number of amides is 1. The molecule has 3 heterocycles. The highest BCUT2D eigenvalue weighted by Gasteiger charge is 2.22. The molecule has 2 N–H and O–H groups in total. The van der Waals surface area contributed by atoms with Crippen molar-refractivity contribution in [1.82, 2.24) is 19.9 Å². The predicted octanol–water partition coefficient (Wildman–Crippen LogP) is 6.36. The minimum absolute atomic E-state index is 0.110. The lowest BCUT2D eigenvalue weighted by molar-refractivity contribution is 0.102. The summed E-state index contributed by atoms with van der Waals surface area (Å²) in [4.78, 5) is 30.6. The number of carbonyl (C=O) groups excluding carboxylic acids is 1. The number of nitrogens with one attached hydrogen (secondary N) is 2. The number of hydrogen-bond donors (Lipinski definition) is 2. The fourth-order valence-electron chi connectivity index (χ4n) is 3.58. The van der Waals surface area contributed by atoms with E-state index in [0.717, 1.165) is 22.5 Å². The molecule has 0 radical (unpaired) electrons. The third-order valence-corrected chi connectivity index (χ3v) is 5.98. The second-order valence-corrected chi connectivity index (χ2v) is 8.74. The number of halogens is 1. The Hall–Kier alpha value is -4.57. The summed E-state index contributed by atoms with van der Waals surface area (Å²) in [6.07, 6.45) is 6.91. The van der Waals surface area contributed by atoms with Gasteiger partial charge in [-0.2, -0.15) is 4.98 Å². The molecule has 5 aromatic rings. The van der Waals surface area contributed by atoms with E-state index in [1.807, 2.05) is 31.2 Å². The summed E-state index contributed by atoms with van der Waals surface area (Å²) in [5.74, 6) is -0.150. The van der Waals surface area contributed by atoms with Gasteiger partial charge in [-0.1, -0.05) is 17.8 Å². The highest BCUT2D eigenvalue weighted by Crippen LogP contribution is 2.30. The lowest BCUT2D eigenvalue weighted by Gasteiger charge is -2.12. The van der Waals surface area contributed by atoms with Gasteiger partial charge in [0.25, 0.3) is 11.1 Å². The number of thioether (sulfide) groups is 1. The number of anilines is 3. The lowest BCUT2D eigenvalue weighted by atomic mass is 10.1. The van der Waals surface area contributed by atoms with Crippen molar-refractivity contribution in [3.63, 3.8) is 0 Å². The Morgan fingerprint density at radius 1 is 1.00 bits per heavy atom. The minimum atomic E-state index is -0.451. The Bertz CT molecular complexity index is 1560. The van der Waals surface area contributed by atoms with E-state index < -0.39 is 5.91 Å². The van der Waals surface area contributed by atoms with E-state index in [1.54, 1.807) is 49.1 Å². The normalized spacial score (nSPS) is 10.8. The van der Waals surface area contributed by atoms with E-state index >= 15 is 0 Å². The van der Waals surface area contributed by atoms with Crippen LogP contribution >= 0.6 is 11.8 Å². The van der Waals surface area contributed by atoms with Crippen LogP contribution in [0.1, 0.15) is 16.1 Å². The van der Waals surface area contributed by atoms with Crippen LogP contribution in [0.4, 0.5) is 21.7 Å². The predicted molar refractivity (Wildman–Crippen MR) is 141 cm³/mol. The van der Waals surface area contributed by atoms with Gasteiger partial charge in [0.05, 0.1) is 5.69 Å². The summed E-state index contributed by atoms with van der Waals surface area (Å²) in [7, 11) is 0. The molecule has 0 fully saturated rings. The van der Waals surface area contributed by atoms with Crippen molar-refractivity contribution in [2.45, 2.75) is 12.1 Å². The molecule has 0 spiro atoms. The van der Waals surface area contributed by atoms with Crippen LogP contribution in [-0.2, 0) is 0 Å². The van der Waals surface area contributed by atoms with Gasteiger partial charge >= 0.3 is 0 Å². The molecule has 0 atom stereocenters. The maximum absolute atomic E-state index is 13.4. The topological polar surface area (TPSA) is 106 Å². The second-order valence-electron chi connectivity index (χ2n) is 7.98. The smallest absolute Gasteiger partial charge is 0.278 e. The van der Waals surface area contributed by atoms with Crippen LogP contribution in [0.5, 0.6) is 0 Å². The van der Waals surface area contributed by atoms with Crippen molar-refractivity contribution in [3.05, 3.63) is 96.3 Å². The summed E-state index contributed by atoms with van der Waals surface area (Å²) >= 11 is 1.27. The van der Waals surface area contributed by atoms with Crippen LogP contribution in [-0.4, -0.2) is 32.1 Å². The van der Waals surface area contributed by atoms with Crippen molar-refractivity contribution in [3.8, 4) is 22.6 Å². The first-order chi connectivity index (χ1) is 18.0. The van der Waals surface area contributed by atoms with Crippen molar-refractivity contribution in [2.75, 3.05) is 16.9 Å². The monoisotopic (exact) mass is 512 g/mol. The van der Waals surface area contributed by atoms with Crippen molar-refractivity contribution in [2.24, 2.45) is 0 Å². The molecule has 1 amide bonds. The number of rotatable bonds is 7. The van der Waals surface area contributed by atoms with E-state index in [9.17, 15) is 9.18 Å². The Morgan fingerprint density at radius 3 is 2.59 bits per heavy atom. The molecule has 0 saturated heterocycles.